The third-order valence-corrected chi connectivity index (χ3v) is 2.27. The molecule has 68 valence electrons. The average molecular weight is 166 g/mol. The summed E-state index contributed by atoms with van der Waals surface area (Å²) in [5, 5.41) is 0. The van der Waals surface area contributed by atoms with Crippen LogP contribution in [0.25, 0.3) is 0 Å². The van der Waals surface area contributed by atoms with Crippen LogP contribution in [0.5, 0.6) is 0 Å². The van der Waals surface area contributed by atoms with Crippen LogP contribution in [0.4, 0.5) is 0 Å². The van der Waals surface area contributed by atoms with E-state index in [1.807, 2.05) is 0 Å². The van der Waals surface area contributed by atoms with Crippen molar-refractivity contribution in [3.63, 3.8) is 0 Å². The highest BCUT2D eigenvalue weighted by atomic mass is 16.1. The zero-order chi connectivity index (χ0) is 8.81. The van der Waals surface area contributed by atoms with Gasteiger partial charge < -0.3 is 4.79 Å². The maximum Gasteiger partial charge on any atom is 0.129 e. The highest BCUT2D eigenvalue weighted by Gasteiger charge is 2.05. The number of rotatable bonds is 7. The first-order valence-corrected chi connectivity index (χ1v) is 4.96. The SMILES string of the molecule is CC(=O)CCCCCCC1=CC1. The highest BCUT2D eigenvalue weighted by Crippen LogP contribution is 2.24. The second-order valence-corrected chi connectivity index (χ2v) is 3.68. The van der Waals surface area contributed by atoms with Gasteiger partial charge in [0.05, 0.1) is 0 Å². The lowest BCUT2D eigenvalue weighted by Gasteiger charge is -1.97. The van der Waals surface area contributed by atoms with E-state index in [4.69, 9.17) is 0 Å². The van der Waals surface area contributed by atoms with Crippen molar-refractivity contribution in [3.05, 3.63) is 11.6 Å². The van der Waals surface area contributed by atoms with E-state index in [0.717, 1.165) is 12.8 Å². The smallest absolute Gasteiger partial charge is 0.129 e. The zero-order valence-electron chi connectivity index (χ0n) is 7.94. The minimum Gasteiger partial charge on any atom is -0.300 e. The third kappa shape index (κ3) is 5.11. The van der Waals surface area contributed by atoms with E-state index in [1.54, 1.807) is 12.5 Å². The highest BCUT2D eigenvalue weighted by molar-refractivity contribution is 5.75. The summed E-state index contributed by atoms with van der Waals surface area (Å²) < 4.78 is 0. The van der Waals surface area contributed by atoms with E-state index in [-0.39, 0.29) is 0 Å². The van der Waals surface area contributed by atoms with Gasteiger partial charge in [-0.05, 0) is 32.6 Å². The molecule has 1 rings (SSSR count). The molecule has 0 aromatic rings. The van der Waals surface area contributed by atoms with Gasteiger partial charge in [-0.15, -0.1) is 0 Å². The second kappa shape index (κ2) is 5.13. The summed E-state index contributed by atoms with van der Waals surface area (Å²) in [6.07, 6.45) is 10.6. The van der Waals surface area contributed by atoms with Gasteiger partial charge in [-0.1, -0.05) is 24.5 Å². The molecule has 0 saturated heterocycles. The van der Waals surface area contributed by atoms with Crippen LogP contribution in [0.1, 0.15) is 51.9 Å². The van der Waals surface area contributed by atoms with E-state index in [2.05, 4.69) is 6.08 Å². The lowest BCUT2D eigenvalue weighted by atomic mass is 10.1. The molecular weight excluding hydrogens is 148 g/mol. The molecule has 0 bridgehead atoms. The first kappa shape index (κ1) is 9.50. The van der Waals surface area contributed by atoms with Crippen LogP contribution < -0.4 is 0 Å². The molecule has 0 spiro atoms. The van der Waals surface area contributed by atoms with Crippen LogP contribution in [0.15, 0.2) is 11.6 Å². The maximum atomic E-state index is 10.6. The lowest BCUT2D eigenvalue weighted by Crippen LogP contribution is -1.88. The fraction of sp³-hybridized carbons (Fsp3) is 0.727. The Balaban J connectivity index is 1.76. The Hall–Kier alpha value is -0.590. The summed E-state index contributed by atoms with van der Waals surface area (Å²) in [4.78, 5) is 10.6. The summed E-state index contributed by atoms with van der Waals surface area (Å²) in [6, 6.07) is 0. The molecule has 1 aliphatic rings. The molecule has 0 N–H and O–H groups in total. The number of carbonyl (C=O) groups is 1. The lowest BCUT2D eigenvalue weighted by molar-refractivity contribution is -0.117. The summed E-state index contributed by atoms with van der Waals surface area (Å²) in [7, 11) is 0. The molecule has 0 atom stereocenters. The number of Topliss-reactive ketones (excluding diaryl/α,β-unsaturated/α-hetero) is 1. The van der Waals surface area contributed by atoms with Crippen LogP contribution in [0.3, 0.4) is 0 Å². The zero-order valence-corrected chi connectivity index (χ0v) is 7.94. The minimum atomic E-state index is 0.333. The molecular formula is C11H18O. The number of ketones is 1. The molecule has 0 fully saturated rings. The van der Waals surface area contributed by atoms with Gasteiger partial charge in [0.15, 0.2) is 0 Å². The molecule has 0 radical (unpaired) electrons. The number of allylic oxidation sites excluding steroid dienone is 2. The minimum absolute atomic E-state index is 0.333. The number of carbonyl (C=O) groups excluding carboxylic acids is 1. The van der Waals surface area contributed by atoms with Crippen molar-refractivity contribution in [2.45, 2.75) is 51.9 Å². The van der Waals surface area contributed by atoms with E-state index in [1.165, 1.54) is 32.1 Å². The normalized spacial score (nSPS) is 14.2. The van der Waals surface area contributed by atoms with Gasteiger partial charge in [-0.2, -0.15) is 0 Å². The standard InChI is InChI=1S/C11H18O/c1-10(12)6-4-2-3-5-7-11-8-9-11/h8H,2-7,9H2,1H3. The molecule has 1 nitrogen and oxygen atoms in total. The Labute approximate surface area is 74.9 Å². The average Bonchev–Trinajstić information content (AvgIpc) is 2.79. The van der Waals surface area contributed by atoms with Crippen molar-refractivity contribution >= 4 is 5.78 Å². The molecule has 0 amide bonds. The quantitative estimate of drug-likeness (QED) is 0.419. The monoisotopic (exact) mass is 166 g/mol. The summed E-state index contributed by atoms with van der Waals surface area (Å²) in [5.41, 5.74) is 1.64. The van der Waals surface area contributed by atoms with Crippen LogP contribution in [0, 0.1) is 0 Å². The van der Waals surface area contributed by atoms with E-state index >= 15 is 0 Å². The Kier molecular flexibility index (Phi) is 4.06. The molecule has 0 saturated carbocycles. The van der Waals surface area contributed by atoms with Crippen LogP contribution in [0.2, 0.25) is 0 Å². The molecule has 0 heterocycles. The molecule has 0 unspecified atom stereocenters. The van der Waals surface area contributed by atoms with Gasteiger partial charge in [-0.3, -0.25) is 0 Å². The Bertz CT molecular complexity index is 173. The van der Waals surface area contributed by atoms with Gasteiger partial charge in [0.25, 0.3) is 0 Å². The Morgan fingerprint density at radius 1 is 1.33 bits per heavy atom. The third-order valence-electron chi connectivity index (χ3n) is 2.27. The van der Waals surface area contributed by atoms with Gasteiger partial charge in [-0.25, -0.2) is 0 Å². The van der Waals surface area contributed by atoms with Gasteiger partial charge >= 0.3 is 0 Å². The fourth-order valence-electron chi connectivity index (χ4n) is 1.36. The summed E-state index contributed by atoms with van der Waals surface area (Å²) in [6.45, 7) is 1.68. The predicted octanol–water partition coefficient (Wildman–Crippen LogP) is 3.25. The maximum absolute atomic E-state index is 10.6. The number of unbranched alkanes of at least 4 members (excludes halogenated alkanes) is 3. The second-order valence-electron chi connectivity index (χ2n) is 3.68. The number of hydrogen-bond donors (Lipinski definition) is 0. The van der Waals surface area contributed by atoms with Crippen LogP contribution in [-0.4, -0.2) is 5.78 Å². The van der Waals surface area contributed by atoms with Crippen molar-refractivity contribution in [2.24, 2.45) is 0 Å². The fourth-order valence-corrected chi connectivity index (χ4v) is 1.36. The van der Waals surface area contributed by atoms with Crippen molar-refractivity contribution in [1.82, 2.24) is 0 Å². The molecule has 0 aliphatic heterocycles. The van der Waals surface area contributed by atoms with E-state index in [0.29, 0.717) is 5.78 Å². The van der Waals surface area contributed by atoms with Gasteiger partial charge in [0.1, 0.15) is 5.78 Å². The first-order valence-electron chi connectivity index (χ1n) is 4.96. The predicted molar refractivity (Wildman–Crippen MR) is 51.1 cm³/mol. The summed E-state index contributed by atoms with van der Waals surface area (Å²) in [5.74, 6) is 0.333. The van der Waals surface area contributed by atoms with Crippen LogP contribution in [-0.2, 0) is 4.79 Å². The first-order chi connectivity index (χ1) is 5.79. The van der Waals surface area contributed by atoms with E-state index < -0.39 is 0 Å². The van der Waals surface area contributed by atoms with Crippen molar-refractivity contribution in [3.8, 4) is 0 Å². The number of hydrogen-bond acceptors (Lipinski definition) is 1. The summed E-state index contributed by atoms with van der Waals surface area (Å²) >= 11 is 0. The van der Waals surface area contributed by atoms with Crippen molar-refractivity contribution in [1.29, 1.82) is 0 Å². The molecule has 1 aliphatic carbocycles. The molecule has 1 heteroatoms. The van der Waals surface area contributed by atoms with Crippen molar-refractivity contribution in [2.75, 3.05) is 0 Å². The Morgan fingerprint density at radius 3 is 2.58 bits per heavy atom. The molecule has 0 aromatic carbocycles. The molecule has 12 heavy (non-hydrogen) atoms. The van der Waals surface area contributed by atoms with E-state index in [9.17, 15) is 4.79 Å². The van der Waals surface area contributed by atoms with Gasteiger partial charge in [0, 0.05) is 6.42 Å². The topological polar surface area (TPSA) is 17.1 Å². The Morgan fingerprint density at radius 2 is 2.00 bits per heavy atom. The molecule has 0 aromatic heterocycles. The van der Waals surface area contributed by atoms with Crippen molar-refractivity contribution < 1.29 is 4.79 Å². The largest absolute Gasteiger partial charge is 0.300 e. The van der Waals surface area contributed by atoms with Gasteiger partial charge in [0.2, 0.25) is 0 Å². The van der Waals surface area contributed by atoms with Crippen LogP contribution >= 0.6 is 0 Å².